The first-order chi connectivity index (χ1) is 10.2. The van der Waals surface area contributed by atoms with Crippen molar-refractivity contribution in [3.05, 3.63) is 34.6 Å². The van der Waals surface area contributed by atoms with Crippen molar-refractivity contribution in [2.45, 2.75) is 25.9 Å². The molecule has 0 amide bonds. The molecule has 1 aromatic carbocycles. The van der Waals surface area contributed by atoms with E-state index in [0.29, 0.717) is 23.5 Å². The zero-order valence-corrected chi connectivity index (χ0v) is 12.3. The van der Waals surface area contributed by atoms with Crippen LogP contribution in [-0.2, 0) is 6.54 Å². The molecule has 0 spiro atoms. The maximum absolute atomic E-state index is 12.3. The SMILES string of the molecule is CC1CN(CCCn2nnc3ccccc3c2=O)CCN1. The van der Waals surface area contributed by atoms with E-state index in [-0.39, 0.29) is 5.56 Å². The van der Waals surface area contributed by atoms with Gasteiger partial charge in [-0.25, -0.2) is 4.68 Å². The highest BCUT2D eigenvalue weighted by Gasteiger charge is 2.14. The lowest BCUT2D eigenvalue weighted by Crippen LogP contribution is -2.49. The molecule has 2 aromatic rings. The van der Waals surface area contributed by atoms with Crippen molar-refractivity contribution in [1.29, 1.82) is 0 Å². The van der Waals surface area contributed by atoms with Gasteiger partial charge in [-0.15, -0.1) is 5.10 Å². The van der Waals surface area contributed by atoms with E-state index < -0.39 is 0 Å². The summed E-state index contributed by atoms with van der Waals surface area (Å²) < 4.78 is 1.48. The van der Waals surface area contributed by atoms with Gasteiger partial charge in [-0.2, -0.15) is 0 Å². The number of benzene rings is 1. The van der Waals surface area contributed by atoms with Crippen LogP contribution in [0.1, 0.15) is 13.3 Å². The second-order valence-corrected chi connectivity index (χ2v) is 5.64. The second-order valence-electron chi connectivity index (χ2n) is 5.64. The van der Waals surface area contributed by atoms with Gasteiger partial charge in [0.05, 0.1) is 5.39 Å². The highest BCUT2D eigenvalue weighted by atomic mass is 16.1. The van der Waals surface area contributed by atoms with Crippen molar-refractivity contribution < 1.29 is 0 Å². The molecule has 1 aliphatic rings. The molecule has 0 bridgehead atoms. The van der Waals surface area contributed by atoms with Crippen molar-refractivity contribution >= 4 is 10.9 Å². The Labute approximate surface area is 123 Å². The van der Waals surface area contributed by atoms with Gasteiger partial charge in [0.15, 0.2) is 0 Å². The molecule has 0 radical (unpaired) electrons. The molecule has 6 nitrogen and oxygen atoms in total. The zero-order valence-electron chi connectivity index (χ0n) is 12.3. The molecule has 3 rings (SSSR count). The molecule has 0 saturated carbocycles. The average Bonchev–Trinajstić information content (AvgIpc) is 2.50. The van der Waals surface area contributed by atoms with Gasteiger partial charge in [0, 0.05) is 38.8 Å². The number of piperazine rings is 1. The van der Waals surface area contributed by atoms with E-state index in [4.69, 9.17) is 0 Å². The Bertz CT molecular complexity index is 668. The number of nitrogens with zero attached hydrogens (tertiary/aromatic N) is 4. The Morgan fingerprint density at radius 3 is 3.05 bits per heavy atom. The Kier molecular flexibility index (Phi) is 4.26. The normalized spacial score (nSPS) is 20.0. The van der Waals surface area contributed by atoms with Gasteiger partial charge < -0.3 is 10.2 Å². The molecule has 1 fully saturated rings. The van der Waals surface area contributed by atoms with Crippen molar-refractivity contribution in [3.63, 3.8) is 0 Å². The standard InChI is InChI=1S/C15H21N5O/c1-12-11-19(10-7-16-12)8-4-9-20-15(21)13-5-2-3-6-14(13)17-18-20/h2-3,5-6,12,16H,4,7-11H2,1H3. The lowest BCUT2D eigenvalue weighted by molar-refractivity contribution is 0.201. The average molecular weight is 287 g/mol. The van der Waals surface area contributed by atoms with Crippen LogP contribution in [0.2, 0.25) is 0 Å². The van der Waals surface area contributed by atoms with Gasteiger partial charge in [0.25, 0.3) is 5.56 Å². The van der Waals surface area contributed by atoms with Gasteiger partial charge >= 0.3 is 0 Å². The van der Waals surface area contributed by atoms with Crippen LogP contribution in [-0.4, -0.2) is 52.1 Å². The smallest absolute Gasteiger partial charge is 0.277 e. The zero-order chi connectivity index (χ0) is 14.7. The minimum atomic E-state index is -0.0470. The van der Waals surface area contributed by atoms with Crippen LogP contribution in [0, 0.1) is 0 Å². The third kappa shape index (κ3) is 3.28. The van der Waals surface area contributed by atoms with Crippen LogP contribution in [0.5, 0.6) is 0 Å². The maximum atomic E-state index is 12.3. The molecule has 0 aliphatic carbocycles. The highest BCUT2D eigenvalue weighted by Crippen LogP contribution is 2.04. The summed E-state index contributed by atoms with van der Waals surface area (Å²) >= 11 is 0. The summed E-state index contributed by atoms with van der Waals surface area (Å²) in [6.45, 7) is 6.99. The molecule has 1 aromatic heterocycles. The summed E-state index contributed by atoms with van der Waals surface area (Å²) in [6.07, 6.45) is 0.916. The quantitative estimate of drug-likeness (QED) is 0.886. The Hall–Kier alpha value is -1.79. The largest absolute Gasteiger partial charge is 0.312 e. The first-order valence-corrected chi connectivity index (χ1v) is 7.52. The van der Waals surface area contributed by atoms with Crippen LogP contribution in [0.15, 0.2) is 29.1 Å². The number of rotatable bonds is 4. The predicted octanol–water partition coefficient (Wildman–Crippen LogP) is 0.475. The van der Waals surface area contributed by atoms with Crippen LogP contribution in [0.25, 0.3) is 10.9 Å². The van der Waals surface area contributed by atoms with Crippen molar-refractivity contribution in [2.75, 3.05) is 26.2 Å². The van der Waals surface area contributed by atoms with E-state index in [1.165, 1.54) is 4.68 Å². The molecule has 6 heteroatoms. The van der Waals surface area contributed by atoms with E-state index in [9.17, 15) is 4.79 Å². The second kappa shape index (κ2) is 6.32. The fraction of sp³-hybridized carbons (Fsp3) is 0.533. The van der Waals surface area contributed by atoms with Crippen molar-refractivity contribution in [2.24, 2.45) is 0 Å². The lowest BCUT2D eigenvalue weighted by Gasteiger charge is -2.31. The first-order valence-electron chi connectivity index (χ1n) is 7.52. The third-order valence-corrected chi connectivity index (χ3v) is 3.93. The van der Waals surface area contributed by atoms with Crippen molar-refractivity contribution in [1.82, 2.24) is 25.2 Å². The van der Waals surface area contributed by atoms with Gasteiger partial charge in [0.2, 0.25) is 0 Å². The number of hydrogen-bond donors (Lipinski definition) is 1. The molecule has 1 unspecified atom stereocenters. The Morgan fingerprint density at radius 1 is 1.33 bits per heavy atom. The molecule has 1 aliphatic heterocycles. The van der Waals surface area contributed by atoms with E-state index in [0.717, 1.165) is 32.6 Å². The van der Waals surface area contributed by atoms with Gasteiger partial charge in [0.1, 0.15) is 5.52 Å². The minimum Gasteiger partial charge on any atom is -0.312 e. The van der Waals surface area contributed by atoms with E-state index in [1.54, 1.807) is 6.07 Å². The molecule has 21 heavy (non-hydrogen) atoms. The fourth-order valence-electron chi connectivity index (χ4n) is 2.83. The Morgan fingerprint density at radius 2 is 2.19 bits per heavy atom. The number of hydrogen-bond acceptors (Lipinski definition) is 5. The van der Waals surface area contributed by atoms with Crippen LogP contribution < -0.4 is 10.9 Å². The molecule has 112 valence electrons. The summed E-state index contributed by atoms with van der Waals surface area (Å²) in [5.41, 5.74) is 0.615. The van der Waals surface area contributed by atoms with E-state index >= 15 is 0 Å². The van der Waals surface area contributed by atoms with E-state index in [1.807, 2.05) is 18.2 Å². The molecular weight excluding hydrogens is 266 g/mol. The summed E-state index contributed by atoms with van der Waals surface area (Å²) in [5.74, 6) is 0. The summed E-state index contributed by atoms with van der Waals surface area (Å²) in [6, 6.07) is 7.89. The number of aryl methyl sites for hydroxylation is 1. The van der Waals surface area contributed by atoms with Crippen LogP contribution in [0.3, 0.4) is 0 Å². The van der Waals surface area contributed by atoms with Crippen LogP contribution in [0.4, 0.5) is 0 Å². The summed E-state index contributed by atoms with van der Waals surface area (Å²) in [4.78, 5) is 14.7. The number of nitrogens with one attached hydrogen (secondary N) is 1. The first kappa shape index (κ1) is 14.2. The maximum Gasteiger partial charge on any atom is 0.277 e. The summed E-state index contributed by atoms with van der Waals surface area (Å²) in [5, 5.41) is 12.2. The summed E-state index contributed by atoms with van der Waals surface area (Å²) in [7, 11) is 0. The van der Waals surface area contributed by atoms with Crippen LogP contribution >= 0.6 is 0 Å². The molecular formula is C15H21N5O. The molecule has 1 N–H and O–H groups in total. The van der Waals surface area contributed by atoms with Gasteiger partial charge in [-0.05, 0) is 25.5 Å². The molecule has 2 heterocycles. The number of fused-ring (bicyclic) bond motifs is 1. The molecule has 1 atom stereocenters. The van der Waals surface area contributed by atoms with E-state index in [2.05, 4.69) is 27.5 Å². The lowest BCUT2D eigenvalue weighted by atomic mass is 10.2. The highest BCUT2D eigenvalue weighted by molar-refractivity contribution is 5.76. The minimum absolute atomic E-state index is 0.0470. The topological polar surface area (TPSA) is 63.1 Å². The number of aromatic nitrogens is 3. The van der Waals surface area contributed by atoms with Crippen molar-refractivity contribution in [3.8, 4) is 0 Å². The predicted molar refractivity (Wildman–Crippen MR) is 82.3 cm³/mol. The Balaban J connectivity index is 1.63. The monoisotopic (exact) mass is 287 g/mol. The fourth-order valence-corrected chi connectivity index (χ4v) is 2.83. The van der Waals surface area contributed by atoms with Gasteiger partial charge in [-0.3, -0.25) is 4.79 Å². The third-order valence-electron chi connectivity index (χ3n) is 3.93. The van der Waals surface area contributed by atoms with Gasteiger partial charge in [-0.1, -0.05) is 17.3 Å². The molecule has 1 saturated heterocycles.